The molecule has 1 saturated heterocycles. The number of ether oxygens (including phenoxy) is 1. The molecule has 10 heteroatoms. The largest absolute Gasteiger partial charge is 0.378 e. The molecule has 200 valence electrons. The van der Waals surface area contributed by atoms with Crippen LogP contribution in [0.25, 0.3) is 10.2 Å². The second kappa shape index (κ2) is 12.0. The van der Waals surface area contributed by atoms with Gasteiger partial charge in [0.2, 0.25) is 5.91 Å². The van der Waals surface area contributed by atoms with Gasteiger partial charge in [-0.1, -0.05) is 41.6 Å². The number of hydrogen-bond acceptors (Lipinski definition) is 7. The number of carbonyl (C=O) groups is 3. The molecule has 1 aliphatic heterocycles. The highest BCUT2D eigenvalue weighted by Gasteiger charge is 2.23. The number of fused-ring (bicyclic) bond motifs is 1. The molecule has 3 aromatic carbocycles. The van der Waals surface area contributed by atoms with Gasteiger partial charge < -0.3 is 20.3 Å². The molecular weight excluding hydrogens is 532 g/mol. The number of nitrogens with zero attached hydrogens (tertiary/aromatic N) is 2. The molecule has 8 nitrogen and oxygen atoms in total. The third-order valence-electron chi connectivity index (χ3n) is 6.31. The lowest BCUT2D eigenvalue weighted by atomic mass is 10.0. The zero-order valence-electron chi connectivity index (χ0n) is 21.7. The maximum absolute atomic E-state index is 13.2. The van der Waals surface area contributed by atoms with Crippen molar-refractivity contribution < 1.29 is 19.1 Å². The van der Waals surface area contributed by atoms with E-state index >= 15 is 0 Å². The maximum atomic E-state index is 13.2. The van der Waals surface area contributed by atoms with Crippen LogP contribution in [0.5, 0.6) is 0 Å². The molecule has 0 atom stereocenters. The molecule has 1 aliphatic rings. The third-order valence-corrected chi connectivity index (χ3v) is 8.47. The molecule has 4 aromatic rings. The van der Waals surface area contributed by atoms with Gasteiger partial charge in [0.25, 0.3) is 11.8 Å². The molecule has 0 aliphatic carbocycles. The van der Waals surface area contributed by atoms with Crippen molar-refractivity contribution in [2.45, 2.75) is 18.2 Å². The van der Waals surface area contributed by atoms with Crippen molar-refractivity contribution in [2.75, 3.05) is 42.7 Å². The number of nitrogens with one attached hydrogen (secondary N) is 2. The van der Waals surface area contributed by atoms with E-state index in [1.165, 1.54) is 23.1 Å². The highest BCUT2D eigenvalue weighted by atomic mass is 32.2. The Morgan fingerprint density at radius 2 is 1.74 bits per heavy atom. The lowest BCUT2D eigenvalue weighted by Crippen LogP contribution is -2.41. The molecule has 0 saturated carbocycles. The van der Waals surface area contributed by atoms with Gasteiger partial charge in [0.1, 0.15) is 0 Å². The summed E-state index contributed by atoms with van der Waals surface area (Å²) in [5, 5.41) is 5.88. The number of aryl methyl sites for hydroxylation is 2. The molecule has 1 fully saturated rings. The summed E-state index contributed by atoms with van der Waals surface area (Å²) in [6, 6.07) is 18.2. The van der Waals surface area contributed by atoms with Crippen molar-refractivity contribution in [2.24, 2.45) is 0 Å². The fourth-order valence-electron chi connectivity index (χ4n) is 4.31. The molecule has 0 radical (unpaired) electrons. The fraction of sp³-hybridized carbons (Fsp3) is 0.241. The first-order valence-corrected chi connectivity index (χ1v) is 14.4. The van der Waals surface area contributed by atoms with Crippen molar-refractivity contribution in [1.82, 2.24) is 9.88 Å². The predicted molar refractivity (Wildman–Crippen MR) is 156 cm³/mol. The Morgan fingerprint density at radius 3 is 2.51 bits per heavy atom. The van der Waals surface area contributed by atoms with Crippen LogP contribution in [0.15, 0.2) is 65.0 Å². The third kappa shape index (κ3) is 6.47. The van der Waals surface area contributed by atoms with Crippen molar-refractivity contribution in [1.29, 1.82) is 0 Å². The molecule has 2 heterocycles. The molecule has 2 N–H and O–H groups in total. The first-order chi connectivity index (χ1) is 18.9. The summed E-state index contributed by atoms with van der Waals surface area (Å²) >= 11 is 2.84. The summed E-state index contributed by atoms with van der Waals surface area (Å²) in [5.74, 6) is -0.381. The van der Waals surface area contributed by atoms with E-state index in [0.29, 0.717) is 43.1 Å². The second-order valence-corrected chi connectivity index (χ2v) is 11.5. The first kappa shape index (κ1) is 26.9. The number of morpholine rings is 1. The normalized spacial score (nSPS) is 13.3. The van der Waals surface area contributed by atoms with Gasteiger partial charge in [-0.2, -0.15) is 0 Å². The Labute approximate surface area is 234 Å². The van der Waals surface area contributed by atoms with Gasteiger partial charge in [-0.3, -0.25) is 14.4 Å². The minimum Gasteiger partial charge on any atom is -0.378 e. The number of aromatic nitrogens is 1. The summed E-state index contributed by atoms with van der Waals surface area (Å²) in [4.78, 5) is 45.0. The number of thiazole rings is 1. The summed E-state index contributed by atoms with van der Waals surface area (Å²) in [7, 11) is 0. The zero-order chi connectivity index (χ0) is 27.4. The molecule has 0 spiro atoms. The maximum Gasteiger partial charge on any atom is 0.256 e. The highest BCUT2D eigenvalue weighted by Crippen LogP contribution is 2.31. The standard InChI is InChI=1S/C29H28N4O4S2/c1-18-7-9-23(19(2)15-18)31-26(34)17-38-29-32-24-10-8-20(16-25(24)39-29)30-27(35)21-5-3-4-6-22(21)28(36)33-11-13-37-14-12-33/h3-10,15-16H,11-14,17H2,1-2H3,(H,30,35)(H,31,34). The van der Waals surface area contributed by atoms with Gasteiger partial charge in [-0.25, -0.2) is 4.98 Å². The van der Waals surface area contributed by atoms with Gasteiger partial charge in [-0.15, -0.1) is 11.3 Å². The topological polar surface area (TPSA) is 101 Å². The van der Waals surface area contributed by atoms with Crippen LogP contribution in [0.1, 0.15) is 31.8 Å². The van der Waals surface area contributed by atoms with Gasteiger partial charge >= 0.3 is 0 Å². The minimum atomic E-state index is -0.353. The second-order valence-electron chi connectivity index (χ2n) is 9.22. The van der Waals surface area contributed by atoms with Crippen LogP contribution in [-0.2, 0) is 9.53 Å². The van der Waals surface area contributed by atoms with Gasteiger partial charge in [0.15, 0.2) is 4.34 Å². The molecule has 0 bridgehead atoms. The van der Waals surface area contributed by atoms with E-state index in [1.807, 2.05) is 44.2 Å². The highest BCUT2D eigenvalue weighted by molar-refractivity contribution is 8.01. The van der Waals surface area contributed by atoms with Crippen LogP contribution in [0.3, 0.4) is 0 Å². The van der Waals surface area contributed by atoms with E-state index in [-0.39, 0.29) is 23.5 Å². The van der Waals surface area contributed by atoms with Crippen LogP contribution < -0.4 is 10.6 Å². The molecule has 39 heavy (non-hydrogen) atoms. The molecular formula is C29H28N4O4S2. The monoisotopic (exact) mass is 560 g/mol. The van der Waals surface area contributed by atoms with Crippen molar-refractivity contribution in [3.63, 3.8) is 0 Å². The first-order valence-electron chi connectivity index (χ1n) is 12.6. The van der Waals surface area contributed by atoms with E-state index in [1.54, 1.807) is 35.2 Å². The Bertz CT molecular complexity index is 1550. The molecule has 1 aromatic heterocycles. The Kier molecular flexibility index (Phi) is 8.25. The van der Waals surface area contributed by atoms with E-state index in [2.05, 4.69) is 15.6 Å². The number of anilines is 2. The summed E-state index contributed by atoms with van der Waals surface area (Å²) in [5.41, 5.74) is 5.07. The van der Waals surface area contributed by atoms with Crippen LogP contribution in [0.4, 0.5) is 11.4 Å². The predicted octanol–water partition coefficient (Wildman–Crippen LogP) is 5.37. The van der Waals surface area contributed by atoms with Gasteiger partial charge in [0.05, 0.1) is 40.3 Å². The Hall–Kier alpha value is -3.73. The quantitative estimate of drug-likeness (QED) is 0.295. The van der Waals surface area contributed by atoms with Crippen molar-refractivity contribution >= 4 is 62.4 Å². The molecule has 5 rings (SSSR count). The van der Waals surface area contributed by atoms with E-state index in [9.17, 15) is 14.4 Å². The fourth-order valence-corrected chi connectivity index (χ4v) is 6.22. The minimum absolute atomic E-state index is 0.0931. The Morgan fingerprint density at radius 1 is 0.974 bits per heavy atom. The number of rotatable bonds is 7. The average molecular weight is 561 g/mol. The Balaban J connectivity index is 1.24. The van der Waals surface area contributed by atoms with Crippen LogP contribution in [0.2, 0.25) is 0 Å². The molecule has 0 unspecified atom stereocenters. The number of hydrogen-bond donors (Lipinski definition) is 2. The number of amides is 3. The lowest BCUT2D eigenvalue weighted by Gasteiger charge is -2.27. The van der Waals surface area contributed by atoms with Gasteiger partial charge in [-0.05, 0) is 55.8 Å². The molecule has 3 amide bonds. The number of benzene rings is 3. The van der Waals surface area contributed by atoms with Crippen LogP contribution in [-0.4, -0.2) is 59.7 Å². The van der Waals surface area contributed by atoms with E-state index in [4.69, 9.17) is 4.74 Å². The smallest absolute Gasteiger partial charge is 0.256 e. The van der Waals surface area contributed by atoms with Crippen molar-refractivity contribution in [3.8, 4) is 0 Å². The lowest BCUT2D eigenvalue weighted by molar-refractivity contribution is -0.113. The van der Waals surface area contributed by atoms with E-state index < -0.39 is 0 Å². The summed E-state index contributed by atoms with van der Waals surface area (Å²) in [6.07, 6.45) is 0. The summed E-state index contributed by atoms with van der Waals surface area (Å²) < 4.78 is 7.00. The van der Waals surface area contributed by atoms with Gasteiger partial charge in [0, 0.05) is 24.5 Å². The van der Waals surface area contributed by atoms with Crippen LogP contribution >= 0.6 is 23.1 Å². The van der Waals surface area contributed by atoms with Crippen LogP contribution in [0, 0.1) is 13.8 Å². The summed E-state index contributed by atoms with van der Waals surface area (Å²) in [6.45, 7) is 5.98. The number of carbonyl (C=O) groups excluding carboxylic acids is 3. The number of thioether (sulfide) groups is 1. The van der Waals surface area contributed by atoms with E-state index in [0.717, 1.165) is 31.4 Å². The SMILES string of the molecule is Cc1ccc(NC(=O)CSc2nc3ccc(NC(=O)c4ccccc4C(=O)N4CCOCC4)cc3s2)c(C)c1. The average Bonchev–Trinajstić information content (AvgIpc) is 3.36. The van der Waals surface area contributed by atoms with Crippen molar-refractivity contribution in [3.05, 3.63) is 82.9 Å². The zero-order valence-corrected chi connectivity index (χ0v) is 23.3.